The topological polar surface area (TPSA) is 101 Å². The molecule has 6 rings (SSSR count). The maximum absolute atomic E-state index is 13.6. The van der Waals surface area contributed by atoms with Gasteiger partial charge in [-0.05, 0) is 74.1 Å². The Kier molecular flexibility index (Phi) is 8.22. The molecule has 0 radical (unpaired) electrons. The third kappa shape index (κ3) is 5.53. The van der Waals surface area contributed by atoms with Crippen LogP contribution in [-0.2, 0) is 4.79 Å². The molecule has 43 heavy (non-hydrogen) atoms. The molecule has 0 unspecified atom stereocenters. The number of urea groups is 1. The highest BCUT2D eigenvalue weighted by atomic mass is 16.7. The second-order valence-electron chi connectivity index (χ2n) is 12.0. The fourth-order valence-corrected chi connectivity index (χ4v) is 6.58. The number of amides is 4. The van der Waals surface area contributed by atoms with Crippen molar-refractivity contribution < 1.29 is 28.6 Å². The van der Waals surface area contributed by atoms with E-state index < -0.39 is 17.7 Å². The number of benzene rings is 2. The summed E-state index contributed by atoms with van der Waals surface area (Å²) in [7, 11) is 0. The van der Waals surface area contributed by atoms with Gasteiger partial charge >= 0.3 is 6.03 Å². The fourth-order valence-electron chi connectivity index (χ4n) is 6.58. The van der Waals surface area contributed by atoms with Crippen LogP contribution in [0.15, 0.2) is 42.5 Å². The molecule has 10 heteroatoms. The van der Waals surface area contributed by atoms with Gasteiger partial charge in [-0.3, -0.25) is 14.5 Å². The molecule has 3 fully saturated rings. The van der Waals surface area contributed by atoms with E-state index >= 15 is 0 Å². The van der Waals surface area contributed by atoms with E-state index in [-0.39, 0.29) is 24.6 Å². The van der Waals surface area contributed by atoms with Crippen molar-refractivity contribution >= 4 is 17.8 Å². The quantitative estimate of drug-likeness (QED) is 0.391. The number of carbonyl (C=O) groups is 3. The number of piperazine rings is 1. The number of likely N-dealkylation sites (tertiary alicyclic amines) is 1. The van der Waals surface area contributed by atoms with Crippen molar-refractivity contribution in [2.75, 3.05) is 33.0 Å². The zero-order valence-electron chi connectivity index (χ0n) is 25.3. The number of nitrogens with one attached hydrogen (secondary N) is 1. The van der Waals surface area contributed by atoms with Gasteiger partial charge < -0.3 is 24.4 Å². The largest absolute Gasteiger partial charge is 0.469 e. The summed E-state index contributed by atoms with van der Waals surface area (Å²) >= 11 is 0. The zero-order valence-corrected chi connectivity index (χ0v) is 25.3. The van der Waals surface area contributed by atoms with Crippen LogP contribution in [0.5, 0.6) is 17.2 Å². The lowest BCUT2D eigenvalue weighted by Gasteiger charge is -2.53. The lowest BCUT2D eigenvalue weighted by Crippen LogP contribution is -2.73. The maximum atomic E-state index is 13.6. The third-order valence-corrected chi connectivity index (χ3v) is 9.52. The first kappa shape index (κ1) is 29.3. The van der Waals surface area contributed by atoms with Crippen LogP contribution in [0.25, 0.3) is 0 Å². The fraction of sp³-hybridized carbons (Fsp3) is 0.545. The van der Waals surface area contributed by atoms with Gasteiger partial charge in [0.05, 0.1) is 6.04 Å². The molecule has 1 N–H and O–H groups in total. The van der Waals surface area contributed by atoms with Crippen LogP contribution in [-0.4, -0.2) is 77.8 Å². The van der Waals surface area contributed by atoms with E-state index in [1.54, 1.807) is 24.3 Å². The summed E-state index contributed by atoms with van der Waals surface area (Å²) in [5, 5.41) is 3.07. The highest BCUT2D eigenvalue weighted by Gasteiger charge is 2.63. The first-order valence-corrected chi connectivity index (χ1v) is 15.7. The molecule has 230 valence electrons. The molecule has 2 aromatic carbocycles. The van der Waals surface area contributed by atoms with Gasteiger partial charge in [0.25, 0.3) is 5.91 Å². The minimum Gasteiger partial charge on any atom is -0.469 e. The van der Waals surface area contributed by atoms with E-state index in [4.69, 9.17) is 14.2 Å². The Hall–Kier alpha value is -3.79. The summed E-state index contributed by atoms with van der Waals surface area (Å²) in [6.45, 7) is 9.45. The molecule has 0 bridgehead atoms. The predicted octanol–water partition coefficient (Wildman–Crippen LogP) is 4.94. The molecule has 2 aromatic rings. The van der Waals surface area contributed by atoms with Crippen molar-refractivity contribution in [1.82, 2.24) is 20.0 Å². The van der Waals surface area contributed by atoms with Crippen molar-refractivity contribution in [1.29, 1.82) is 0 Å². The molecule has 3 aliphatic heterocycles. The minimum absolute atomic E-state index is 0.0174. The van der Waals surface area contributed by atoms with Gasteiger partial charge in [-0.15, -0.1) is 0 Å². The second kappa shape index (κ2) is 12.1. The number of imide groups is 1. The molecule has 2 saturated heterocycles. The van der Waals surface area contributed by atoms with Crippen LogP contribution in [0.3, 0.4) is 0 Å². The van der Waals surface area contributed by atoms with Gasteiger partial charge in [-0.1, -0.05) is 33.3 Å². The Morgan fingerprint density at radius 1 is 0.977 bits per heavy atom. The van der Waals surface area contributed by atoms with Crippen LogP contribution in [0.4, 0.5) is 4.79 Å². The van der Waals surface area contributed by atoms with Crippen molar-refractivity contribution in [3.05, 3.63) is 53.6 Å². The smallest absolute Gasteiger partial charge is 0.327 e. The van der Waals surface area contributed by atoms with Gasteiger partial charge in [0.2, 0.25) is 12.7 Å². The van der Waals surface area contributed by atoms with Crippen molar-refractivity contribution in [2.45, 2.75) is 77.6 Å². The number of nitrogens with zero attached hydrogens (tertiary/aromatic N) is 3. The minimum atomic E-state index is -0.800. The third-order valence-electron chi connectivity index (χ3n) is 9.52. The van der Waals surface area contributed by atoms with Gasteiger partial charge in [0, 0.05) is 37.8 Å². The molecule has 3 heterocycles. The van der Waals surface area contributed by atoms with Crippen LogP contribution in [0.2, 0.25) is 0 Å². The predicted molar refractivity (Wildman–Crippen MR) is 160 cm³/mol. The molecule has 1 saturated carbocycles. The molecule has 4 amide bonds. The average Bonchev–Trinajstić information content (AvgIpc) is 3.78. The molecular weight excluding hydrogens is 548 g/mol. The number of β-lactam (4-membered cyclic amide) rings is 1. The van der Waals surface area contributed by atoms with Gasteiger partial charge in [0.15, 0.2) is 17.7 Å². The number of fused-ring (bicyclic) bond motifs is 1. The van der Waals surface area contributed by atoms with E-state index in [9.17, 15) is 14.4 Å². The first-order chi connectivity index (χ1) is 20.9. The lowest BCUT2D eigenvalue weighted by atomic mass is 9.72. The van der Waals surface area contributed by atoms with Crippen LogP contribution < -0.4 is 19.5 Å². The summed E-state index contributed by atoms with van der Waals surface area (Å²) in [5.41, 5.74) is 0.692. The summed E-state index contributed by atoms with van der Waals surface area (Å²) in [6.07, 6.45) is 4.40. The maximum Gasteiger partial charge on any atom is 0.327 e. The van der Waals surface area contributed by atoms with Crippen molar-refractivity contribution in [3.63, 3.8) is 0 Å². The van der Waals surface area contributed by atoms with Crippen LogP contribution in [0.1, 0.15) is 81.3 Å². The monoisotopic (exact) mass is 590 g/mol. The normalized spacial score (nSPS) is 21.7. The highest BCUT2D eigenvalue weighted by Crippen LogP contribution is 2.46. The molecule has 1 aliphatic carbocycles. The molecule has 0 spiro atoms. The Morgan fingerprint density at radius 3 is 2.33 bits per heavy atom. The van der Waals surface area contributed by atoms with E-state index in [1.165, 1.54) is 17.7 Å². The molecule has 0 aromatic heterocycles. The molecule has 2 atom stereocenters. The van der Waals surface area contributed by atoms with Gasteiger partial charge in [0.1, 0.15) is 11.2 Å². The first-order valence-electron chi connectivity index (χ1n) is 15.7. The SMILES string of the molecule is CCC[C@H](NC(=O)N1C(=O)C(CC)(CC)[C@@H]1Oc1ccc(C(=O)N2CCN(C3CC3)CC2)cc1)c1ccc2c(c1)OCO2. The number of rotatable bonds is 10. The summed E-state index contributed by atoms with van der Waals surface area (Å²) in [6, 6.07) is 12.6. The summed E-state index contributed by atoms with van der Waals surface area (Å²) < 4.78 is 17.3. The Morgan fingerprint density at radius 2 is 1.67 bits per heavy atom. The zero-order chi connectivity index (χ0) is 30.1. The standard InChI is InChI=1S/C33H42N4O6/c1-4-7-26(23-10-15-27-28(20-23)42-21-41-27)34-32(40)37-30(39)33(5-2,6-3)31(37)43-25-13-8-22(9-14-25)29(38)36-18-16-35(17-19-36)24-11-12-24/h8-10,13-15,20,24,26,31H,4-7,11-12,16-19,21H2,1-3H3,(H,34,40)/t26-,31-/m0/s1. The van der Waals surface area contributed by atoms with E-state index in [1.807, 2.05) is 36.9 Å². The van der Waals surface area contributed by atoms with Crippen LogP contribution >= 0.6 is 0 Å². The molecular formula is C33H42N4O6. The van der Waals surface area contributed by atoms with Gasteiger partial charge in [-0.2, -0.15) is 0 Å². The number of hydrogen-bond donors (Lipinski definition) is 1. The van der Waals surface area contributed by atoms with Gasteiger partial charge in [-0.25, -0.2) is 9.69 Å². The summed E-state index contributed by atoms with van der Waals surface area (Å²) in [4.78, 5) is 45.9. The number of ether oxygens (including phenoxy) is 3. The Bertz CT molecular complexity index is 1350. The van der Waals surface area contributed by atoms with E-state index in [0.717, 1.165) is 38.2 Å². The summed E-state index contributed by atoms with van der Waals surface area (Å²) in [5.74, 6) is 1.61. The van der Waals surface area contributed by atoms with E-state index in [2.05, 4.69) is 17.1 Å². The van der Waals surface area contributed by atoms with Crippen molar-refractivity contribution in [2.24, 2.45) is 5.41 Å². The van der Waals surface area contributed by atoms with Crippen molar-refractivity contribution in [3.8, 4) is 17.2 Å². The average molecular weight is 591 g/mol. The number of hydrogen-bond acceptors (Lipinski definition) is 7. The Labute approximate surface area is 253 Å². The van der Waals surface area contributed by atoms with Crippen LogP contribution in [0, 0.1) is 5.41 Å². The van der Waals surface area contributed by atoms with E-state index in [0.29, 0.717) is 48.1 Å². The highest BCUT2D eigenvalue weighted by molar-refractivity contribution is 6.03. The second-order valence-corrected chi connectivity index (χ2v) is 12.0. The Balaban J connectivity index is 1.14. The lowest BCUT2D eigenvalue weighted by molar-refractivity contribution is -0.191. The molecule has 10 nitrogen and oxygen atoms in total. The number of carbonyl (C=O) groups excluding carboxylic acids is 3. The molecule has 4 aliphatic rings.